The molecule has 1 aliphatic heterocycles. The number of nitrogens with one attached hydrogen (secondary N) is 1. The zero-order chi connectivity index (χ0) is 21.0. The van der Waals surface area contributed by atoms with Crippen LogP contribution < -0.4 is 5.32 Å². The summed E-state index contributed by atoms with van der Waals surface area (Å²) in [5.74, 6) is 0.0941. The van der Waals surface area contributed by atoms with Crippen molar-refractivity contribution >= 4 is 37.5 Å². The molecule has 1 saturated heterocycles. The molecule has 0 aliphatic carbocycles. The number of benzene rings is 2. The van der Waals surface area contributed by atoms with Crippen molar-refractivity contribution in [2.75, 3.05) is 18.4 Å². The summed E-state index contributed by atoms with van der Waals surface area (Å²) in [6.45, 7) is 4.94. The van der Waals surface area contributed by atoms with Crippen molar-refractivity contribution < 1.29 is 13.2 Å². The summed E-state index contributed by atoms with van der Waals surface area (Å²) in [6, 6.07) is 15.2. The first-order valence-electron chi connectivity index (χ1n) is 9.88. The largest absolute Gasteiger partial charge is 0.326 e. The Hall–Kier alpha value is -1.70. The quantitative estimate of drug-likeness (QED) is 0.650. The molecule has 7 heteroatoms. The molecular weight excluding hydrogens is 452 g/mol. The first-order valence-corrected chi connectivity index (χ1v) is 12.3. The van der Waals surface area contributed by atoms with Crippen LogP contribution in [0.5, 0.6) is 0 Å². The number of carbonyl (C=O) groups excluding carboxylic acids is 1. The van der Waals surface area contributed by atoms with E-state index in [2.05, 4.69) is 35.1 Å². The molecule has 1 N–H and O–H groups in total. The second-order valence-electron chi connectivity index (χ2n) is 7.79. The molecule has 0 radical (unpaired) electrons. The summed E-state index contributed by atoms with van der Waals surface area (Å²) in [6.07, 6.45) is 1.07. The number of piperidine rings is 1. The fraction of sp³-hybridized carbons (Fsp3) is 0.409. The number of para-hydroxylation sites is 1. The smallest absolute Gasteiger partial charge is 0.227 e. The summed E-state index contributed by atoms with van der Waals surface area (Å²) in [5.41, 5.74) is 2.71. The Morgan fingerprint density at radius 2 is 1.83 bits per heavy atom. The molecular formula is C22H27BrN2O3S. The van der Waals surface area contributed by atoms with Crippen molar-refractivity contribution in [3.63, 3.8) is 0 Å². The van der Waals surface area contributed by atoms with Crippen molar-refractivity contribution in [2.45, 2.75) is 38.4 Å². The fourth-order valence-electron chi connectivity index (χ4n) is 3.67. The van der Waals surface area contributed by atoms with E-state index >= 15 is 0 Å². The second kappa shape index (κ2) is 9.41. The van der Waals surface area contributed by atoms with Crippen LogP contribution in [0.2, 0.25) is 0 Å². The van der Waals surface area contributed by atoms with Gasteiger partial charge in [0.25, 0.3) is 0 Å². The molecule has 0 aromatic heterocycles. The minimum atomic E-state index is -3.40. The van der Waals surface area contributed by atoms with Crippen LogP contribution in [0.15, 0.2) is 53.0 Å². The molecule has 0 saturated carbocycles. The topological polar surface area (TPSA) is 66.5 Å². The zero-order valence-corrected chi connectivity index (χ0v) is 19.2. The molecule has 1 amide bonds. The van der Waals surface area contributed by atoms with E-state index in [1.54, 1.807) is 0 Å². The van der Waals surface area contributed by atoms with Crippen molar-refractivity contribution in [2.24, 2.45) is 5.92 Å². The first kappa shape index (κ1) is 22.0. The molecule has 156 valence electrons. The summed E-state index contributed by atoms with van der Waals surface area (Å²) < 4.78 is 27.9. The third-order valence-electron chi connectivity index (χ3n) is 5.30. The first-order chi connectivity index (χ1) is 13.8. The average molecular weight is 479 g/mol. The highest BCUT2D eigenvalue weighted by atomic mass is 79.9. The number of hydrogen-bond acceptors (Lipinski definition) is 3. The highest BCUT2D eigenvalue weighted by molar-refractivity contribution is 9.10. The van der Waals surface area contributed by atoms with Crippen molar-refractivity contribution in [3.05, 3.63) is 64.1 Å². The summed E-state index contributed by atoms with van der Waals surface area (Å²) in [7, 11) is -3.40. The van der Waals surface area contributed by atoms with E-state index in [1.165, 1.54) is 4.31 Å². The monoisotopic (exact) mass is 478 g/mol. The Labute approximate surface area is 181 Å². The van der Waals surface area contributed by atoms with Gasteiger partial charge in [-0.15, -0.1) is 0 Å². The number of halogens is 1. The van der Waals surface area contributed by atoms with Gasteiger partial charge in [-0.3, -0.25) is 4.79 Å². The maximum atomic E-state index is 12.8. The predicted octanol–water partition coefficient (Wildman–Crippen LogP) is 4.75. The minimum absolute atomic E-state index is 0.0228. The van der Waals surface area contributed by atoms with Gasteiger partial charge in [-0.1, -0.05) is 60.1 Å². The Balaban J connectivity index is 1.59. The van der Waals surface area contributed by atoms with Crippen LogP contribution in [0.1, 0.15) is 43.7 Å². The summed E-state index contributed by atoms with van der Waals surface area (Å²) >= 11 is 3.38. The average Bonchev–Trinajstić information content (AvgIpc) is 2.68. The van der Waals surface area contributed by atoms with E-state index < -0.39 is 10.0 Å². The number of rotatable bonds is 6. The number of nitrogens with zero attached hydrogens (tertiary/aromatic N) is 1. The number of hydrogen-bond donors (Lipinski definition) is 1. The molecule has 3 rings (SSSR count). The van der Waals surface area contributed by atoms with Gasteiger partial charge >= 0.3 is 0 Å². The molecule has 29 heavy (non-hydrogen) atoms. The van der Waals surface area contributed by atoms with Gasteiger partial charge in [0.1, 0.15) is 0 Å². The Morgan fingerprint density at radius 3 is 2.48 bits per heavy atom. The van der Waals surface area contributed by atoms with Gasteiger partial charge in [-0.05, 0) is 48.1 Å². The van der Waals surface area contributed by atoms with Gasteiger partial charge < -0.3 is 5.32 Å². The third kappa shape index (κ3) is 5.68. The number of carbonyl (C=O) groups is 1. The van der Waals surface area contributed by atoms with E-state index in [-0.39, 0.29) is 17.6 Å². The molecule has 0 atom stereocenters. The zero-order valence-electron chi connectivity index (χ0n) is 16.8. The van der Waals surface area contributed by atoms with Gasteiger partial charge in [0.2, 0.25) is 15.9 Å². The van der Waals surface area contributed by atoms with Crippen LogP contribution in [-0.4, -0.2) is 31.7 Å². The normalized spacial score (nSPS) is 16.1. The number of anilines is 1. The van der Waals surface area contributed by atoms with Crippen LogP contribution in [0, 0.1) is 5.92 Å². The molecule has 2 aromatic rings. The van der Waals surface area contributed by atoms with Crippen molar-refractivity contribution in [3.8, 4) is 0 Å². The molecule has 0 unspecified atom stereocenters. The van der Waals surface area contributed by atoms with E-state index in [0.29, 0.717) is 31.8 Å². The van der Waals surface area contributed by atoms with E-state index in [9.17, 15) is 13.2 Å². The van der Waals surface area contributed by atoms with Crippen LogP contribution >= 0.6 is 15.9 Å². The van der Waals surface area contributed by atoms with E-state index in [4.69, 9.17) is 0 Å². The highest BCUT2D eigenvalue weighted by Crippen LogP contribution is 2.27. The molecule has 1 fully saturated rings. The van der Waals surface area contributed by atoms with Crippen molar-refractivity contribution in [1.82, 2.24) is 4.31 Å². The minimum Gasteiger partial charge on any atom is -0.326 e. The van der Waals surface area contributed by atoms with Crippen LogP contribution in [0.4, 0.5) is 5.69 Å². The molecule has 2 aromatic carbocycles. The molecule has 0 bridgehead atoms. The van der Waals surface area contributed by atoms with Gasteiger partial charge in [0.15, 0.2) is 0 Å². The lowest BCUT2D eigenvalue weighted by Gasteiger charge is -2.30. The van der Waals surface area contributed by atoms with Crippen LogP contribution in [0.25, 0.3) is 0 Å². The Morgan fingerprint density at radius 1 is 1.14 bits per heavy atom. The Kier molecular flexibility index (Phi) is 7.14. The molecule has 0 spiro atoms. The lowest BCUT2D eigenvalue weighted by atomic mass is 9.96. The second-order valence-corrected chi connectivity index (χ2v) is 10.7. The highest BCUT2D eigenvalue weighted by Gasteiger charge is 2.31. The van der Waals surface area contributed by atoms with E-state index in [0.717, 1.165) is 21.3 Å². The summed E-state index contributed by atoms with van der Waals surface area (Å²) in [5, 5.41) is 3.05. The molecule has 1 aliphatic rings. The molecule has 5 nitrogen and oxygen atoms in total. The standard InChI is InChI=1S/C22H27BrN2O3S/c1-16(2)20-8-3-4-9-21(20)24-22(26)18-10-12-25(13-11-18)29(27,28)15-17-6-5-7-19(23)14-17/h3-9,14,16,18H,10-13,15H2,1-2H3,(H,24,26). The van der Waals surface area contributed by atoms with Gasteiger partial charge in [0.05, 0.1) is 5.75 Å². The maximum Gasteiger partial charge on any atom is 0.227 e. The summed E-state index contributed by atoms with van der Waals surface area (Å²) in [4.78, 5) is 12.7. The lowest BCUT2D eigenvalue weighted by Crippen LogP contribution is -2.42. The van der Waals surface area contributed by atoms with E-state index in [1.807, 2.05) is 48.5 Å². The molecule has 1 heterocycles. The number of sulfonamides is 1. The Bertz CT molecular complexity index is 968. The SMILES string of the molecule is CC(C)c1ccccc1NC(=O)C1CCN(S(=O)(=O)Cc2cccc(Br)c2)CC1. The fourth-order valence-corrected chi connectivity index (χ4v) is 5.67. The third-order valence-corrected chi connectivity index (χ3v) is 7.64. The number of amides is 1. The lowest BCUT2D eigenvalue weighted by molar-refractivity contribution is -0.120. The van der Waals surface area contributed by atoms with Gasteiger partial charge in [0, 0.05) is 29.2 Å². The predicted molar refractivity (Wildman–Crippen MR) is 120 cm³/mol. The van der Waals surface area contributed by atoms with Crippen LogP contribution in [-0.2, 0) is 20.6 Å². The van der Waals surface area contributed by atoms with Crippen molar-refractivity contribution in [1.29, 1.82) is 0 Å². The van der Waals surface area contributed by atoms with Gasteiger partial charge in [-0.25, -0.2) is 12.7 Å². The maximum absolute atomic E-state index is 12.8. The van der Waals surface area contributed by atoms with Gasteiger partial charge in [-0.2, -0.15) is 0 Å². The van der Waals surface area contributed by atoms with Crippen LogP contribution in [0.3, 0.4) is 0 Å².